The molecule has 0 spiro atoms. The third kappa shape index (κ3) is 5.29. The maximum absolute atomic E-state index is 13.5. The van der Waals surface area contributed by atoms with Crippen LogP contribution in [-0.2, 0) is 17.5 Å². The van der Waals surface area contributed by atoms with Gasteiger partial charge in [-0.2, -0.15) is 17.9 Å². The second-order valence-corrected chi connectivity index (χ2v) is 8.01. The first kappa shape index (κ1) is 25.0. The molecule has 1 amide bonds. The lowest BCUT2D eigenvalue weighted by Gasteiger charge is -2.19. The number of rotatable bonds is 7. The van der Waals surface area contributed by atoms with Crippen LogP contribution in [0.15, 0.2) is 41.3 Å². The molecule has 7 nitrogen and oxygen atoms in total. The first-order valence-electron chi connectivity index (χ1n) is 9.82. The molecule has 0 atom stereocenters. The van der Waals surface area contributed by atoms with Crippen LogP contribution in [0.5, 0.6) is 0 Å². The van der Waals surface area contributed by atoms with Gasteiger partial charge >= 0.3 is 11.9 Å². The summed E-state index contributed by atoms with van der Waals surface area (Å²) in [6, 6.07) is 4.76. The fourth-order valence-corrected chi connectivity index (χ4v) is 2.87. The summed E-state index contributed by atoms with van der Waals surface area (Å²) in [5.74, 6) is -0.903. The van der Waals surface area contributed by atoms with Crippen molar-refractivity contribution in [2.24, 2.45) is 5.41 Å². The molecular formula is C21H19F6N5O2. The molecule has 2 heterocycles. The number of amides is 1. The van der Waals surface area contributed by atoms with Crippen LogP contribution in [0.25, 0.3) is 17.1 Å². The Balaban J connectivity index is 1.95. The molecule has 3 rings (SSSR count). The topological polar surface area (TPSA) is 92.7 Å². The first-order valence-corrected chi connectivity index (χ1v) is 9.82. The summed E-state index contributed by atoms with van der Waals surface area (Å²) < 4.78 is 79.1. The summed E-state index contributed by atoms with van der Waals surface area (Å²) >= 11 is 0. The number of hydrogen-bond donors (Lipinski definition) is 2. The summed E-state index contributed by atoms with van der Waals surface area (Å²) in [4.78, 5) is 30.4. The molecule has 0 radical (unpaired) electrons. The van der Waals surface area contributed by atoms with Gasteiger partial charge in [-0.15, -0.1) is 5.10 Å². The van der Waals surface area contributed by atoms with Crippen molar-refractivity contribution in [3.05, 3.63) is 63.8 Å². The van der Waals surface area contributed by atoms with Crippen molar-refractivity contribution >= 4 is 5.91 Å². The van der Waals surface area contributed by atoms with Gasteiger partial charge in [-0.05, 0) is 49.7 Å². The predicted octanol–water partition coefficient (Wildman–Crippen LogP) is 4.19. The second-order valence-electron chi connectivity index (χ2n) is 8.01. The van der Waals surface area contributed by atoms with E-state index in [9.17, 15) is 35.9 Å². The minimum Gasteiger partial charge on any atom is -0.351 e. The van der Waals surface area contributed by atoms with E-state index in [1.165, 1.54) is 19.9 Å². The van der Waals surface area contributed by atoms with Crippen LogP contribution in [0, 0.1) is 5.41 Å². The molecule has 0 aliphatic carbocycles. The number of nitrogens with zero attached hydrogens (tertiary/aromatic N) is 3. The number of benzene rings is 1. The Kier molecular flexibility index (Phi) is 6.84. The molecule has 0 fully saturated rings. The van der Waals surface area contributed by atoms with Crippen LogP contribution >= 0.6 is 0 Å². The fraction of sp³-hybridized carbons (Fsp3) is 0.333. The number of pyridine rings is 1. The minimum absolute atomic E-state index is 0.0241. The number of halogens is 6. The fourth-order valence-electron chi connectivity index (χ4n) is 2.87. The van der Waals surface area contributed by atoms with Crippen molar-refractivity contribution in [1.82, 2.24) is 25.1 Å². The lowest BCUT2D eigenvalue weighted by molar-refractivity contribution is -0.137. The van der Waals surface area contributed by atoms with Crippen molar-refractivity contribution in [2.75, 3.05) is 6.67 Å². The average molecular weight is 487 g/mol. The molecule has 1 aromatic carbocycles. The third-order valence-corrected chi connectivity index (χ3v) is 4.90. The third-order valence-electron chi connectivity index (χ3n) is 4.90. The lowest BCUT2D eigenvalue weighted by atomic mass is 9.94. The van der Waals surface area contributed by atoms with Gasteiger partial charge < -0.3 is 5.32 Å². The average Bonchev–Trinajstić information content (AvgIpc) is 3.18. The number of aromatic nitrogens is 4. The largest absolute Gasteiger partial charge is 0.416 e. The maximum Gasteiger partial charge on any atom is 0.416 e. The van der Waals surface area contributed by atoms with Crippen molar-refractivity contribution in [2.45, 2.75) is 33.0 Å². The number of nitrogens with one attached hydrogen (secondary N) is 2. The van der Waals surface area contributed by atoms with Crippen molar-refractivity contribution in [1.29, 1.82) is 0 Å². The molecule has 2 N–H and O–H groups in total. The maximum atomic E-state index is 13.5. The highest BCUT2D eigenvalue weighted by molar-refractivity contribution is 5.81. The summed E-state index contributed by atoms with van der Waals surface area (Å²) in [6.45, 7) is 1.72. The van der Waals surface area contributed by atoms with Gasteiger partial charge in [-0.25, -0.2) is 18.0 Å². The van der Waals surface area contributed by atoms with Crippen LogP contribution in [0.2, 0.25) is 0 Å². The molecular weight excluding hydrogens is 468 g/mol. The van der Waals surface area contributed by atoms with Gasteiger partial charge in [0.05, 0.1) is 16.7 Å². The smallest absolute Gasteiger partial charge is 0.351 e. The highest BCUT2D eigenvalue weighted by Gasteiger charge is 2.30. The number of H-pyrrole nitrogens is 1. The van der Waals surface area contributed by atoms with E-state index in [2.05, 4.69) is 20.4 Å². The van der Waals surface area contributed by atoms with E-state index in [0.29, 0.717) is 0 Å². The highest BCUT2D eigenvalue weighted by atomic mass is 19.4. The first-order chi connectivity index (χ1) is 15.8. The Morgan fingerprint density at radius 2 is 1.82 bits per heavy atom. The zero-order valence-corrected chi connectivity index (χ0v) is 17.9. The normalized spacial score (nSPS) is 12.3. The number of hydrogen-bond acceptors (Lipinski definition) is 4. The van der Waals surface area contributed by atoms with Crippen LogP contribution in [0.3, 0.4) is 0 Å². The van der Waals surface area contributed by atoms with E-state index >= 15 is 0 Å². The number of carbonyl (C=O) groups excluding carboxylic acids is 1. The minimum atomic E-state index is -4.58. The standard InChI is InChI=1S/C21H19F6N5O2/c1-20(2,10-22)18(33)29-9-11-7-14(15(16(23)24)28-8-11)17-30-19(34)32(31-17)13-5-3-12(4-6-13)21(25,26)27/h3-8,16H,9-10H2,1-2H3,(H,29,33)(H,30,31,34). The van der Waals surface area contributed by atoms with Crippen LogP contribution in [-0.4, -0.2) is 32.3 Å². The summed E-state index contributed by atoms with van der Waals surface area (Å²) in [5, 5.41) is 6.41. The SMILES string of the molecule is CC(C)(CF)C(=O)NCc1cnc(C(F)F)c(-c2nn(-c3ccc(C(F)(F)F)cc3)c(=O)[nH]2)c1. The molecule has 0 bridgehead atoms. The summed E-state index contributed by atoms with van der Waals surface area (Å²) in [7, 11) is 0. The zero-order chi connectivity index (χ0) is 25.3. The van der Waals surface area contributed by atoms with E-state index in [4.69, 9.17) is 0 Å². The van der Waals surface area contributed by atoms with E-state index in [1.807, 2.05) is 0 Å². The molecule has 3 aromatic rings. The Morgan fingerprint density at radius 1 is 1.18 bits per heavy atom. The van der Waals surface area contributed by atoms with Crippen molar-refractivity contribution < 1.29 is 31.1 Å². The highest BCUT2D eigenvalue weighted by Crippen LogP contribution is 2.30. The molecule has 13 heteroatoms. The van der Waals surface area contributed by atoms with Gasteiger partial charge in [0.2, 0.25) is 5.91 Å². The zero-order valence-electron chi connectivity index (χ0n) is 17.9. The molecule has 34 heavy (non-hydrogen) atoms. The lowest BCUT2D eigenvalue weighted by Crippen LogP contribution is -2.37. The second kappa shape index (κ2) is 9.31. The van der Waals surface area contributed by atoms with Crippen molar-refractivity contribution in [3.63, 3.8) is 0 Å². The molecule has 0 unspecified atom stereocenters. The number of carbonyl (C=O) groups is 1. The van der Waals surface area contributed by atoms with E-state index in [0.717, 1.165) is 35.1 Å². The molecule has 0 saturated carbocycles. The van der Waals surface area contributed by atoms with Gasteiger partial charge in [0.1, 0.15) is 12.4 Å². The number of alkyl halides is 6. The summed E-state index contributed by atoms with van der Waals surface area (Å²) in [6.07, 6.45) is -6.52. The van der Waals surface area contributed by atoms with E-state index in [-0.39, 0.29) is 29.2 Å². The van der Waals surface area contributed by atoms with Gasteiger partial charge in [0.15, 0.2) is 5.82 Å². The van der Waals surface area contributed by atoms with Gasteiger partial charge in [0, 0.05) is 18.3 Å². The Morgan fingerprint density at radius 3 is 2.38 bits per heavy atom. The monoisotopic (exact) mass is 487 g/mol. The van der Waals surface area contributed by atoms with Crippen molar-refractivity contribution in [3.8, 4) is 17.1 Å². The Hall–Kier alpha value is -3.64. The quantitative estimate of drug-likeness (QED) is 0.489. The molecule has 182 valence electrons. The van der Waals surface area contributed by atoms with E-state index < -0.39 is 47.5 Å². The van der Waals surface area contributed by atoms with E-state index in [1.54, 1.807) is 0 Å². The predicted molar refractivity (Wildman–Crippen MR) is 109 cm³/mol. The van der Waals surface area contributed by atoms with Crippen LogP contribution < -0.4 is 11.0 Å². The molecule has 0 aliphatic heterocycles. The van der Waals surface area contributed by atoms with Gasteiger partial charge in [0.25, 0.3) is 6.43 Å². The van der Waals surface area contributed by atoms with Crippen LogP contribution in [0.4, 0.5) is 26.3 Å². The molecule has 0 aliphatic rings. The Labute approximate surface area is 188 Å². The van der Waals surface area contributed by atoms with Crippen LogP contribution in [0.1, 0.15) is 37.1 Å². The molecule has 2 aromatic heterocycles. The number of aromatic amines is 1. The Bertz CT molecular complexity index is 1230. The molecule has 0 saturated heterocycles. The van der Waals surface area contributed by atoms with Gasteiger partial charge in [-0.1, -0.05) is 0 Å². The van der Waals surface area contributed by atoms with Gasteiger partial charge in [-0.3, -0.25) is 14.8 Å². The summed E-state index contributed by atoms with van der Waals surface area (Å²) in [5.41, 5.74) is -3.79.